The molecular formula is C22H16N4O3S2. The fourth-order valence-corrected chi connectivity index (χ4v) is 4.35. The van der Waals surface area contributed by atoms with E-state index in [-0.39, 0.29) is 29.2 Å². The Hall–Kier alpha value is -3.56. The molecule has 0 aliphatic carbocycles. The Kier molecular flexibility index (Phi) is 4.97. The topological polar surface area (TPSA) is 92.9 Å². The molecule has 0 bridgehead atoms. The van der Waals surface area contributed by atoms with E-state index in [2.05, 4.69) is 15.3 Å². The molecule has 3 heterocycles. The molecule has 0 aliphatic rings. The predicted octanol–water partition coefficient (Wildman–Crippen LogP) is 4.96. The molecule has 5 rings (SSSR count). The summed E-state index contributed by atoms with van der Waals surface area (Å²) in [6, 6.07) is 16.8. The molecule has 154 valence electrons. The van der Waals surface area contributed by atoms with Crippen molar-refractivity contribution in [1.82, 2.24) is 14.5 Å². The minimum atomic E-state index is -0.250. The Morgan fingerprint density at radius 1 is 1.19 bits per heavy atom. The maximum Gasteiger partial charge on any atom is 0.262 e. The van der Waals surface area contributed by atoms with E-state index in [0.29, 0.717) is 27.5 Å². The van der Waals surface area contributed by atoms with Gasteiger partial charge in [0.1, 0.15) is 11.3 Å². The van der Waals surface area contributed by atoms with Crippen molar-refractivity contribution in [2.75, 3.05) is 5.32 Å². The van der Waals surface area contributed by atoms with Gasteiger partial charge in [-0.15, -0.1) is 11.3 Å². The Morgan fingerprint density at radius 3 is 2.87 bits per heavy atom. The summed E-state index contributed by atoms with van der Waals surface area (Å²) in [5, 5.41) is 6.61. The number of para-hydroxylation sites is 2. The first kappa shape index (κ1) is 19.4. The highest BCUT2D eigenvalue weighted by molar-refractivity contribution is 7.71. The van der Waals surface area contributed by atoms with E-state index >= 15 is 0 Å². The standard InChI is InChI=1S/C22H16N4O3S2/c27-19(9-10-26-20(28)14-6-2-3-7-15(14)24-22(26)30)25-21-23-16(12-31-21)18-11-13-5-1-4-8-17(13)29-18/h1-8,11-12H,9-10H2,(H,24,30)(H,23,25,27). The van der Waals surface area contributed by atoms with Crippen LogP contribution in [0.25, 0.3) is 33.3 Å². The van der Waals surface area contributed by atoms with Crippen molar-refractivity contribution in [2.24, 2.45) is 0 Å². The first-order chi connectivity index (χ1) is 15.1. The van der Waals surface area contributed by atoms with Gasteiger partial charge >= 0.3 is 0 Å². The molecule has 0 spiro atoms. The van der Waals surface area contributed by atoms with E-state index in [9.17, 15) is 9.59 Å². The number of carbonyl (C=O) groups excluding carboxylic acids is 1. The van der Waals surface area contributed by atoms with Crippen molar-refractivity contribution in [3.63, 3.8) is 0 Å². The maximum absolute atomic E-state index is 12.7. The molecule has 5 aromatic rings. The van der Waals surface area contributed by atoms with E-state index in [0.717, 1.165) is 11.0 Å². The molecule has 0 fully saturated rings. The highest BCUT2D eigenvalue weighted by Crippen LogP contribution is 2.30. The van der Waals surface area contributed by atoms with E-state index in [1.54, 1.807) is 18.2 Å². The number of hydrogen-bond donors (Lipinski definition) is 2. The van der Waals surface area contributed by atoms with E-state index in [1.165, 1.54) is 15.9 Å². The zero-order valence-corrected chi connectivity index (χ0v) is 17.8. The van der Waals surface area contributed by atoms with Gasteiger partial charge in [0.05, 0.1) is 10.9 Å². The summed E-state index contributed by atoms with van der Waals surface area (Å²) in [7, 11) is 0. The van der Waals surface area contributed by atoms with Crippen LogP contribution in [0.1, 0.15) is 6.42 Å². The molecule has 0 saturated carbocycles. The molecule has 0 aliphatic heterocycles. The number of aromatic amines is 1. The summed E-state index contributed by atoms with van der Waals surface area (Å²) in [5.74, 6) is 0.395. The van der Waals surface area contributed by atoms with Crippen molar-refractivity contribution in [1.29, 1.82) is 0 Å². The van der Waals surface area contributed by atoms with Crippen LogP contribution in [0.2, 0.25) is 0 Å². The fourth-order valence-electron chi connectivity index (χ4n) is 3.35. The number of anilines is 1. The van der Waals surface area contributed by atoms with Gasteiger partial charge in [0.15, 0.2) is 15.7 Å². The quantitative estimate of drug-likeness (QED) is 0.371. The third-order valence-corrected chi connectivity index (χ3v) is 5.96. The zero-order chi connectivity index (χ0) is 21.4. The normalized spacial score (nSPS) is 11.2. The summed E-state index contributed by atoms with van der Waals surface area (Å²) >= 11 is 6.60. The second-order valence-electron chi connectivity index (χ2n) is 6.92. The monoisotopic (exact) mass is 448 g/mol. The summed E-state index contributed by atoms with van der Waals surface area (Å²) in [4.78, 5) is 32.6. The number of H-pyrrole nitrogens is 1. The van der Waals surface area contributed by atoms with Gasteiger partial charge in [0.25, 0.3) is 5.56 Å². The largest absolute Gasteiger partial charge is 0.454 e. The van der Waals surface area contributed by atoms with Crippen molar-refractivity contribution >= 4 is 56.5 Å². The van der Waals surface area contributed by atoms with Crippen LogP contribution < -0.4 is 10.9 Å². The number of aromatic nitrogens is 3. The van der Waals surface area contributed by atoms with Gasteiger partial charge < -0.3 is 14.7 Å². The number of carbonyl (C=O) groups is 1. The average molecular weight is 449 g/mol. The van der Waals surface area contributed by atoms with Crippen LogP contribution in [0.3, 0.4) is 0 Å². The molecular weight excluding hydrogens is 432 g/mol. The van der Waals surface area contributed by atoms with Crippen LogP contribution in [-0.2, 0) is 11.3 Å². The number of benzene rings is 2. The van der Waals surface area contributed by atoms with Gasteiger partial charge in [-0.1, -0.05) is 30.3 Å². The molecule has 2 N–H and O–H groups in total. The number of amides is 1. The molecule has 2 aromatic carbocycles. The summed E-state index contributed by atoms with van der Waals surface area (Å²) < 4.78 is 7.51. The van der Waals surface area contributed by atoms with Gasteiger partial charge in [0, 0.05) is 23.7 Å². The molecule has 7 nitrogen and oxygen atoms in total. The van der Waals surface area contributed by atoms with E-state index in [4.69, 9.17) is 16.6 Å². The second kappa shape index (κ2) is 7.93. The van der Waals surface area contributed by atoms with Crippen molar-refractivity contribution < 1.29 is 9.21 Å². The number of nitrogens with zero attached hydrogens (tertiary/aromatic N) is 2. The number of nitrogens with one attached hydrogen (secondary N) is 2. The van der Waals surface area contributed by atoms with Gasteiger partial charge in [-0.2, -0.15) is 0 Å². The molecule has 1 amide bonds. The first-order valence-corrected chi connectivity index (χ1v) is 10.8. The van der Waals surface area contributed by atoms with Gasteiger partial charge in [-0.3, -0.25) is 14.2 Å². The average Bonchev–Trinajstić information content (AvgIpc) is 3.40. The lowest BCUT2D eigenvalue weighted by Gasteiger charge is -2.07. The molecule has 0 atom stereocenters. The second-order valence-corrected chi connectivity index (χ2v) is 8.16. The maximum atomic E-state index is 12.7. The van der Waals surface area contributed by atoms with E-state index in [1.807, 2.05) is 41.8 Å². The molecule has 0 radical (unpaired) electrons. The van der Waals surface area contributed by atoms with Gasteiger partial charge in [-0.05, 0) is 36.5 Å². The van der Waals surface area contributed by atoms with Crippen LogP contribution in [0, 0.1) is 4.77 Å². The molecule has 31 heavy (non-hydrogen) atoms. The Balaban J connectivity index is 1.29. The van der Waals surface area contributed by atoms with Crippen LogP contribution in [0.5, 0.6) is 0 Å². The van der Waals surface area contributed by atoms with Gasteiger partial charge in [-0.25, -0.2) is 4.98 Å². The number of fused-ring (bicyclic) bond motifs is 2. The first-order valence-electron chi connectivity index (χ1n) is 9.55. The van der Waals surface area contributed by atoms with Crippen molar-refractivity contribution in [3.05, 3.63) is 75.1 Å². The lowest BCUT2D eigenvalue weighted by Crippen LogP contribution is -2.25. The number of thiazole rings is 1. The Bertz CT molecular complexity index is 1510. The molecule has 0 saturated heterocycles. The van der Waals surface area contributed by atoms with Gasteiger partial charge in [0.2, 0.25) is 5.91 Å². The van der Waals surface area contributed by atoms with Crippen LogP contribution in [0.15, 0.2) is 69.2 Å². The van der Waals surface area contributed by atoms with Crippen LogP contribution >= 0.6 is 23.6 Å². The minimum absolute atomic E-state index is 0.0925. The Labute approximate surface area is 185 Å². The number of hydrogen-bond acceptors (Lipinski definition) is 6. The number of furan rings is 1. The lowest BCUT2D eigenvalue weighted by molar-refractivity contribution is -0.116. The van der Waals surface area contributed by atoms with E-state index < -0.39 is 0 Å². The highest BCUT2D eigenvalue weighted by Gasteiger charge is 2.13. The summed E-state index contributed by atoms with van der Waals surface area (Å²) in [6.07, 6.45) is 0.0925. The third kappa shape index (κ3) is 3.80. The summed E-state index contributed by atoms with van der Waals surface area (Å²) in [6.45, 7) is 0.173. The molecule has 0 unspecified atom stereocenters. The molecule has 9 heteroatoms. The van der Waals surface area contributed by atoms with Crippen molar-refractivity contribution in [2.45, 2.75) is 13.0 Å². The SMILES string of the molecule is O=C(CCn1c(=S)[nH]c2ccccc2c1=O)Nc1nc(-c2cc3ccccc3o2)cs1. The third-order valence-electron chi connectivity index (χ3n) is 4.88. The van der Waals surface area contributed by atoms with Crippen LogP contribution in [-0.4, -0.2) is 20.4 Å². The lowest BCUT2D eigenvalue weighted by atomic mass is 10.2. The number of rotatable bonds is 5. The zero-order valence-electron chi connectivity index (χ0n) is 16.1. The Morgan fingerprint density at radius 2 is 2.00 bits per heavy atom. The predicted molar refractivity (Wildman–Crippen MR) is 124 cm³/mol. The highest BCUT2D eigenvalue weighted by atomic mass is 32.1. The smallest absolute Gasteiger partial charge is 0.262 e. The molecule has 3 aromatic heterocycles. The van der Waals surface area contributed by atoms with Crippen molar-refractivity contribution in [3.8, 4) is 11.5 Å². The van der Waals surface area contributed by atoms with Crippen LogP contribution in [0.4, 0.5) is 5.13 Å². The summed E-state index contributed by atoms with van der Waals surface area (Å²) in [5.41, 5.74) is 1.91. The fraction of sp³-hybridized carbons (Fsp3) is 0.0909. The minimum Gasteiger partial charge on any atom is -0.454 e.